The van der Waals surface area contributed by atoms with Gasteiger partial charge < -0.3 is 14.7 Å². The van der Waals surface area contributed by atoms with Crippen LogP contribution < -0.4 is 5.32 Å². The van der Waals surface area contributed by atoms with Crippen molar-refractivity contribution < 1.29 is 14.1 Å². The van der Waals surface area contributed by atoms with Crippen LogP contribution in [-0.4, -0.2) is 41.0 Å². The molecule has 1 aromatic carbocycles. The fourth-order valence-corrected chi connectivity index (χ4v) is 2.98. The van der Waals surface area contributed by atoms with Gasteiger partial charge in [0.15, 0.2) is 0 Å². The number of hydrogen-bond acceptors (Lipinski definition) is 4. The Morgan fingerprint density at radius 3 is 2.83 bits per heavy atom. The number of aryl methyl sites for hydroxylation is 1. The van der Waals surface area contributed by atoms with Crippen LogP contribution in [0.25, 0.3) is 0 Å². The number of amides is 2. The van der Waals surface area contributed by atoms with Crippen LogP contribution in [0.1, 0.15) is 34.7 Å². The first-order chi connectivity index (χ1) is 11.6. The average Bonchev–Trinajstić information content (AvgIpc) is 3.00. The number of carbonyl (C=O) groups is 2. The minimum Gasteiger partial charge on any atom is -0.361 e. The summed E-state index contributed by atoms with van der Waals surface area (Å²) in [6.45, 7) is 3.08. The number of nitrogens with zero attached hydrogens (tertiary/aromatic N) is 2. The molecular formula is C18H21N3O3. The molecule has 1 unspecified atom stereocenters. The Morgan fingerprint density at radius 1 is 1.33 bits per heavy atom. The molecule has 24 heavy (non-hydrogen) atoms. The van der Waals surface area contributed by atoms with Crippen molar-refractivity contribution in [1.29, 1.82) is 0 Å². The lowest BCUT2D eigenvalue weighted by atomic mass is 10.0. The number of hydrogen-bond donors (Lipinski definition) is 1. The van der Waals surface area contributed by atoms with Gasteiger partial charge >= 0.3 is 0 Å². The second-order valence-corrected chi connectivity index (χ2v) is 6.14. The standard InChI is InChI=1S/C18H21N3O3/c1-13-10-16(24-20-13)11-17(22)19-15-8-5-9-21(12-15)18(23)14-6-3-2-4-7-14/h2-4,6-7,10,15H,5,8-9,11-12H2,1H3,(H,19,22). The van der Waals surface area contributed by atoms with Gasteiger partial charge in [-0.15, -0.1) is 0 Å². The summed E-state index contributed by atoms with van der Waals surface area (Å²) in [6, 6.07) is 11.0. The molecule has 0 spiro atoms. The minimum absolute atomic E-state index is 0.0143. The van der Waals surface area contributed by atoms with Crippen LogP contribution in [0.2, 0.25) is 0 Å². The number of rotatable bonds is 4. The maximum absolute atomic E-state index is 12.5. The Hall–Kier alpha value is -2.63. The molecule has 2 aromatic rings. The third-order valence-electron chi connectivity index (χ3n) is 4.11. The summed E-state index contributed by atoms with van der Waals surface area (Å²) in [7, 11) is 0. The summed E-state index contributed by atoms with van der Waals surface area (Å²) in [5.41, 5.74) is 1.44. The molecule has 6 nitrogen and oxygen atoms in total. The molecular weight excluding hydrogens is 306 g/mol. The molecule has 0 radical (unpaired) electrons. The van der Waals surface area contributed by atoms with Crippen molar-refractivity contribution in [3.8, 4) is 0 Å². The molecule has 1 aliphatic heterocycles. The molecule has 0 aliphatic carbocycles. The number of carbonyl (C=O) groups excluding carboxylic acids is 2. The Kier molecular flexibility index (Phi) is 4.93. The lowest BCUT2D eigenvalue weighted by molar-refractivity contribution is -0.121. The van der Waals surface area contributed by atoms with Crippen LogP contribution in [0.5, 0.6) is 0 Å². The second-order valence-electron chi connectivity index (χ2n) is 6.14. The first kappa shape index (κ1) is 16.2. The maximum Gasteiger partial charge on any atom is 0.253 e. The van der Waals surface area contributed by atoms with Crippen molar-refractivity contribution in [2.24, 2.45) is 0 Å². The van der Waals surface area contributed by atoms with Crippen molar-refractivity contribution in [3.05, 3.63) is 53.4 Å². The Morgan fingerprint density at radius 2 is 2.12 bits per heavy atom. The topological polar surface area (TPSA) is 75.4 Å². The van der Waals surface area contributed by atoms with Gasteiger partial charge in [-0.2, -0.15) is 0 Å². The van der Waals surface area contributed by atoms with Crippen LogP contribution >= 0.6 is 0 Å². The molecule has 126 valence electrons. The largest absolute Gasteiger partial charge is 0.361 e. The Labute approximate surface area is 140 Å². The predicted molar refractivity (Wildman–Crippen MR) is 88.5 cm³/mol. The zero-order valence-electron chi connectivity index (χ0n) is 13.7. The van der Waals surface area contributed by atoms with E-state index < -0.39 is 0 Å². The number of aromatic nitrogens is 1. The molecule has 1 saturated heterocycles. The summed E-state index contributed by atoms with van der Waals surface area (Å²) < 4.78 is 5.07. The highest BCUT2D eigenvalue weighted by atomic mass is 16.5. The SMILES string of the molecule is Cc1cc(CC(=O)NC2CCCN(C(=O)c3ccccc3)C2)on1. The van der Waals surface area contributed by atoms with Gasteiger partial charge in [0.1, 0.15) is 5.76 Å². The second kappa shape index (κ2) is 7.29. The fraction of sp³-hybridized carbons (Fsp3) is 0.389. The normalized spacial score (nSPS) is 17.5. The average molecular weight is 327 g/mol. The smallest absolute Gasteiger partial charge is 0.253 e. The van der Waals surface area contributed by atoms with Crippen molar-refractivity contribution >= 4 is 11.8 Å². The van der Waals surface area contributed by atoms with Crippen molar-refractivity contribution in [2.45, 2.75) is 32.2 Å². The molecule has 3 rings (SSSR count). The highest BCUT2D eigenvalue weighted by Crippen LogP contribution is 2.14. The Balaban J connectivity index is 1.55. The van der Waals surface area contributed by atoms with Crippen LogP contribution in [-0.2, 0) is 11.2 Å². The molecule has 1 atom stereocenters. The molecule has 0 saturated carbocycles. The summed E-state index contributed by atoms with van der Waals surface area (Å²) in [5, 5.41) is 6.77. The number of likely N-dealkylation sites (tertiary alicyclic amines) is 1. The lowest BCUT2D eigenvalue weighted by Crippen LogP contribution is -2.49. The molecule has 1 aromatic heterocycles. The number of piperidine rings is 1. The van der Waals surface area contributed by atoms with E-state index in [2.05, 4.69) is 10.5 Å². The van der Waals surface area contributed by atoms with E-state index in [-0.39, 0.29) is 24.3 Å². The number of benzene rings is 1. The zero-order chi connectivity index (χ0) is 16.9. The summed E-state index contributed by atoms with van der Waals surface area (Å²) in [4.78, 5) is 26.5. The molecule has 2 amide bonds. The van der Waals surface area contributed by atoms with Gasteiger partial charge in [-0.25, -0.2) is 0 Å². The first-order valence-electron chi connectivity index (χ1n) is 8.17. The van der Waals surface area contributed by atoms with Gasteiger partial charge in [-0.3, -0.25) is 9.59 Å². The van der Waals surface area contributed by atoms with E-state index in [0.29, 0.717) is 17.9 Å². The van der Waals surface area contributed by atoms with E-state index in [1.165, 1.54) is 0 Å². The van der Waals surface area contributed by atoms with E-state index in [4.69, 9.17) is 4.52 Å². The molecule has 2 heterocycles. The molecule has 6 heteroatoms. The first-order valence-corrected chi connectivity index (χ1v) is 8.17. The molecule has 1 fully saturated rings. The minimum atomic E-state index is -0.106. The van der Waals surface area contributed by atoms with Gasteiger partial charge in [0, 0.05) is 30.8 Å². The predicted octanol–water partition coefficient (Wildman–Crippen LogP) is 1.95. The third-order valence-corrected chi connectivity index (χ3v) is 4.11. The highest BCUT2D eigenvalue weighted by Gasteiger charge is 2.25. The van der Waals surface area contributed by atoms with Crippen molar-refractivity contribution in [2.75, 3.05) is 13.1 Å². The van der Waals surface area contributed by atoms with Crippen LogP contribution in [0.15, 0.2) is 40.9 Å². The van der Waals surface area contributed by atoms with Gasteiger partial charge in [-0.05, 0) is 31.9 Å². The molecule has 1 N–H and O–H groups in total. The highest BCUT2D eigenvalue weighted by molar-refractivity contribution is 5.94. The molecule has 0 bridgehead atoms. The van der Waals surface area contributed by atoms with E-state index in [9.17, 15) is 9.59 Å². The van der Waals surface area contributed by atoms with Crippen molar-refractivity contribution in [3.63, 3.8) is 0 Å². The number of nitrogens with one attached hydrogen (secondary N) is 1. The van der Waals surface area contributed by atoms with E-state index in [1.54, 1.807) is 6.07 Å². The van der Waals surface area contributed by atoms with E-state index in [1.807, 2.05) is 42.2 Å². The van der Waals surface area contributed by atoms with Gasteiger partial charge in [0.2, 0.25) is 5.91 Å². The molecule has 1 aliphatic rings. The lowest BCUT2D eigenvalue weighted by Gasteiger charge is -2.33. The van der Waals surface area contributed by atoms with E-state index >= 15 is 0 Å². The quantitative estimate of drug-likeness (QED) is 0.931. The van der Waals surface area contributed by atoms with Gasteiger partial charge in [-0.1, -0.05) is 23.4 Å². The van der Waals surface area contributed by atoms with Crippen LogP contribution in [0.3, 0.4) is 0 Å². The summed E-state index contributed by atoms with van der Waals surface area (Å²) >= 11 is 0. The maximum atomic E-state index is 12.5. The van der Waals surface area contributed by atoms with Gasteiger partial charge in [0.05, 0.1) is 12.1 Å². The van der Waals surface area contributed by atoms with Gasteiger partial charge in [0.25, 0.3) is 5.91 Å². The van der Waals surface area contributed by atoms with Crippen LogP contribution in [0, 0.1) is 6.92 Å². The van der Waals surface area contributed by atoms with Crippen molar-refractivity contribution in [1.82, 2.24) is 15.4 Å². The fourth-order valence-electron chi connectivity index (χ4n) is 2.98. The Bertz CT molecular complexity index is 711. The summed E-state index contributed by atoms with van der Waals surface area (Å²) in [6.07, 6.45) is 1.93. The zero-order valence-corrected chi connectivity index (χ0v) is 13.7. The van der Waals surface area contributed by atoms with E-state index in [0.717, 1.165) is 25.1 Å². The van der Waals surface area contributed by atoms with Crippen LogP contribution in [0.4, 0.5) is 0 Å². The third kappa shape index (κ3) is 4.01. The summed E-state index contributed by atoms with van der Waals surface area (Å²) in [5.74, 6) is 0.462. The monoisotopic (exact) mass is 327 g/mol.